The van der Waals surface area contributed by atoms with E-state index in [1.54, 1.807) is 39.0 Å². The Hall–Kier alpha value is -2.93. The molecule has 0 aliphatic rings. The molecule has 0 aromatic heterocycles. The summed E-state index contributed by atoms with van der Waals surface area (Å²) in [5.74, 6) is -1.86. The molecular weight excluding hydrogens is 336 g/mol. The molecule has 0 fully saturated rings. The maximum atomic E-state index is 11.8. The van der Waals surface area contributed by atoms with Crippen LogP contribution in [0, 0.1) is 0 Å². The molecule has 0 bridgehead atoms. The fraction of sp³-hybridized carbons (Fsp3) is 0.316. The molecule has 26 heavy (non-hydrogen) atoms. The van der Waals surface area contributed by atoms with E-state index in [-0.39, 0.29) is 18.9 Å². The van der Waals surface area contributed by atoms with E-state index in [1.165, 1.54) is 18.2 Å². The summed E-state index contributed by atoms with van der Waals surface area (Å²) in [7, 11) is 0. The zero-order chi connectivity index (χ0) is 19.7. The predicted octanol–water partition coefficient (Wildman–Crippen LogP) is 2.43. The summed E-state index contributed by atoms with van der Waals surface area (Å²) in [6.07, 6.45) is 5.34. The van der Waals surface area contributed by atoms with Crippen LogP contribution in [0.4, 0.5) is 5.69 Å². The number of carboxylic acids is 1. The molecule has 1 aromatic carbocycles. The SMILES string of the molecule is CC(C)(C)OC(=O)/C=C/c1ccc(/C=C/C(=O)O)cc1NC(=O)CCN. The lowest BCUT2D eigenvalue weighted by Crippen LogP contribution is -2.22. The third-order valence-electron chi connectivity index (χ3n) is 2.95. The van der Waals surface area contributed by atoms with Gasteiger partial charge in [0.25, 0.3) is 0 Å². The van der Waals surface area contributed by atoms with E-state index in [9.17, 15) is 14.4 Å². The number of anilines is 1. The second-order valence-electron chi connectivity index (χ2n) is 6.47. The minimum Gasteiger partial charge on any atom is -0.478 e. The Bertz CT molecular complexity index is 730. The number of esters is 1. The van der Waals surface area contributed by atoms with Crippen molar-refractivity contribution in [2.24, 2.45) is 5.73 Å². The van der Waals surface area contributed by atoms with Gasteiger partial charge in [-0.1, -0.05) is 12.1 Å². The molecular formula is C19H24N2O5. The quantitative estimate of drug-likeness (QED) is 0.507. The van der Waals surface area contributed by atoms with Gasteiger partial charge in [0.05, 0.1) is 0 Å². The Morgan fingerprint density at radius 3 is 2.46 bits per heavy atom. The number of benzene rings is 1. The highest BCUT2D eigenvalue weighted by atomic mass is 16.6. The van der Waals surface area contributed by atoms with Crippen molar-refractivity contribution in [3.05, 3.63) is 41.5 Å². The third-order valence-corrected chi connectivity index (χ3v) is 2.95. The van der Waals surface area contributed by atoms with Crippen LogP contribution in [0.1, 0.15) is 38.3 Å². The number of amides is 1. The molecule has 0 radical (unpaired) electrons. The Morgan fingerprint density at radius 1 is 1.19 bits per heavy atom. The number of ether oxygens (including phenoxy) is 1. The molecule has 1 rings (SSSR count). The Labute approximate surface area is 152 Å². The van der Waals surface area contributed by atoms with Gasteiger partial charge >= 0.3 is 11.9 Å². The molecule has 140 valence electrons. The van der Waals surface area contributed by atoms with Crippen LogP contribution in [-0.4, -0.2) is 35.1 Å². The van der Waals surface area contributed by atoms with Crippen molar-refractivity contribution >= 4 is 35.7 Å². The van der Waals surface area contributed by atoms with Crippen LogP contribution in [0.3, 0.4) is 0 Å². The zero-order valence-electron chi connectivity index (χ0n) is 15.1. The normalized spacial score (nSPS) is 11.7. The molecule has 0 atom stereocenters. The lowest BCUT2D eigenvalue weighted by atomic mass is 10.1. The van der Waals surface area contributed by atoms with E-state index in [4.69, 9.17) is 15.6 Å². The number of rotatable bonds is 7. The Balaban J connectivity index is 3.09. The molecule has 1 aromatic rings. The van der Waals surface area contributed by atoms with Gasteiger partial charge in [0.2, 0.25) is 5.91 Å². The maximum Gasteiger partial charge on any atom is 0.331 e. The smallest absolute Gasteiger partial charge is 0.331 e. The lowest BCUT2D eigenvalue weighted by molar-refractivity contribution is -0.148. The summed E-state index contributed by atoms with van der Waals surface area (Å²) in [6, 6.07) is 4.95. The van der Waals surface area contributed by atoms with Crippen molar-refractivity contribution in [1.29, 1.82) is 0 Å². The lowest BCUT2D eigenvalue weighted by Gasteiger charge is -2.18. The predicted molar refractivity (Wildman–Crippen MR) is 100 cm³/mol. The number of nitrogens with one attached hydrogen (secondary N) is 1. The molecule has 0 saturated carbocycles. The summed E-state index contributed by atoms with van der Waals surface area (Å²) in [4.78, 5) is 34.3. The second kappa shape index (κ2) is 9.53. The first-order chi connectivity index (χ1) is 12.1. The van der Waals surface area contributed by atoms with Gasteiger partial charge in [0.15, 0.2) is 0 Å². The fourth-order valence-electron chi connectivity index (χ4n) is 1.94. The number of carboxylic acid groups (broad SMARTS) is 1. The largest absolute Gasteiger partial charge is 0.478 e. The van der Waals surface area contributed by atoms with Crippen LogP contribution in [0.25, 0.3) is 12.2 Å². The molecule has 7 heteroatoms. The van der Waals surface area contributed by atoms with E-state index < -0.39 is 17.5 Å². The standard InChI is InChI=1S/C19H24N2O5/c1-19(2,3)26-18(25)9-7-14-6-4-13(5-8-17(23)24)12-15(14)21-16(22)10-11-20/h4-9,12H,10-11,20H2,1-3H3,(H,21,22)(H,23,24)/b8-5+,9-7+. The van der Waals surface area contributed by atoms with Gasteiger partial charge in [0, 0.05) is 30.8 Å². The molecule has 0 aliphatic carbocycles. The van der Waals surface area contributed by atoms with Crippen molar-refractivity contribution < 1.29 is 24.2 Å². The van der Waals surface area contributed by atoms with Crippen LogP contribution in [-0.2, 0) is 19.1 Å². The molecule has 0 heterocycles. The van der Waals surface area contributed by atoms with Crippen LogP contribution < -0.4 is 11.1 Å². The molecule has 0 spiro atoms. The monoisotopic (exact) mass is 360 g/mol. The third kappa shape index (κ3) is 8.25. The number of carbonyl (C=O) groups is 3. The van der Waals surface area contributed by atoms with E-state index >= 15 is 0 Å². The number of carbonyl (C=O) groups excluding carboxylic acids is 2. The molecule has 0 saturated heterocycles. The van der Waals surface area contributed by atoms with Gasteiger partial charge in [-0.15, -0.1) is 0 Å². The maximum absolute atomic E-state index is 11.8. The average molecular weight is 360 g/mol. The number of aliphatic carboxylic acids is 1. The number of hydrogen-bond donors (Lipinski definition) is 3. The molecule has 7 nitrogen and oxygen atoms in total. The van der Waals surface area contributed by atoms with Crippen LogP contribution in [0.2, 0.25) is 0 Å². The summed E-state index contributed by atoms with van der Waals surface area (Å²) < 4.78 is 5.20. The van der Waals surface area contributed by atoms with Crippen LogP contribution in [0.15, 0.2) is 30.4 Å². The van der Waals surface area contributed by atoms with Gasteiger partial charge in [0.1, 0.15) is 5.60 Å². The fourth-order valence-corrected chi connectivity index (χ4v) is 1.94. The first-order valence-corrected chi connectivity index (χ1v) is 8.07. The van der Waals surface area contributed by atoms with Gasteiger partial charge in [-0.25, -0.2) is 9.59 Å². The van der Waals surface area contributed by atoms with Crippen LogP contribution in [0.5, 0.6) is 0 Å². The molecule has 0 unspecified atom stereocenters. The van der Waals surface area contributed by atoms with Crippen LogP contribution >= 0.6 is 0 Å². The first kappa shape index (κ1) is 21.1. The number of hydrogen-bond acceptors (Lipinski definition) is 5. The summed E-state index contributed by atoms with van der Waals surface area (Å²) >= 11 is 0. The van der Waals surface area contributed by atoms with E-state index in [2.05, 4.69) is 5.32 Å². The van der Waals surface area contributed by atoms with E-state index in [0.29, 0.717) is 16.8 Å². The summed E-state index contributed by atoms with van der Waals surface area (Å²) in [5.41, 5.74) is 6.38. The minimum atomic E-state index is -1.08. The van der Waals surface area contributed by atoms with Gasteiger partial charge in [-0.3, -0.25) is 4.79 Å². The van der Waals surface area contributed by atoms with Gasteiger partial charge in [-0.2, -0.15) is 0 Å². The zero-order valence-corrected chi connectivity index (χ0v) is 15.1. The van der Waals surface area contributed by atoms with Crippen molar-refractivity contribution in [3.63, 3.8) is 0 Å². The van der Waals surface area contributed by atoms with Crippen molar-refractivity contribution in [2.45, 2.75) is 32.8 Å². The van der Waals surface area contributed by atoms with E-state index in [0.717, 1.165) is 6.08 Å². The summed E-state index contributed by atoms with van der Waals surface area (Å²) in [5, 5.41) is 11.4. The van der Waals surface area contributed by atoms with Crippen molar-refractivity contribution in [3.8, 4) is 0 Å². The van der Waals surface area contributed by atoms with Crippen molar-refractivity contribution in [1.82, 2.24) is 0 Å². The molecule has 0 aliphatic heterocycles. The highest BCUT2D eigenvalue weighted by Crippen LogP contribution is 2.21. The van der Waals surface area contributed by atoms with E-state index in [1.807, 2.05) is 0 Å². The molecule has 1 amide bonds. The highest BCUT2D eigenvalue weighted by Gasteiger charge is 2.14. The average Bonchev–Trinajstić information content (AvgIpc) is 2.50. The highest BCUT2D eigenvalue weighted by molar-refractivity contribution is 5.95. The number of nitrogens with two attached hydrogens (primary N) is 1. The second-order valence-corrected chi connectivity index (χ2v) is 6.47. The van der Waals surface area contributed by atoms with Crippen molar-refractivity contribution in [2.75, 3.05) is 11.9 Å². The molecule has 4 N–H and O–H groups in total. The van der Waals surface area contributed by atoms with Gasteiger partial charge in [-0.05, 0) is 50.1 Å². The topological polar surface area (TPSA) is 119 Å². The summed E-state index contributed by atoms with van der Waals surface area (Å²) in [6.45, 7) is 5.50. The Morgan fingerprint density at radius 2 is 1.88 bits per heavy atom. The first-order valence-electron chi connectivity index (χ1n) is 8.07. The minimum absolute atomic E-state index is 0.143. The van der Waals surface area contributed by atoms with Gasteiger partial charge < -0.3 is 20.9 Å². The Kier molecular flexibility index (Phi) is 7.74.